The summed E-state index contributed by atoms with van der Waals surface area (Å²) < 4.78 is 0. The Bertz CT molecular complexity index is 217. The van der Waals surface area contributed by atoms with E-state index in [1.807, 2.05) is 0 Å². The maximum Gasteiger partial charge on any atom is 0.00927 e. The van der Waals surface area contributed by atoms with Crippen LogP contribution in [-0.4, -0.2) is 30.1 Å². The second-order valence-corrected chi connectivity index (χ2v) is 6.11. The summed E-state index contributed by atoms with van der Waals surface area (Å²) in [5.74, 6) is 0.774. The molecule has 17 heavy (non-hydrogen) atoms. The predicted molar refractivity (Wildman–Crippen MR) is 74.1 cm³/mol. The third kappa shape index (κ3) is 3.69. The lowest BCUT2D eigenvalue weighted by atomic mass is 9.84. The fraction of sp³-hybridized carbons (Fsp3) is 1.00. The highest BCUT2D eigenvalue weighted by Crippen LogP contribution is 2.27. The lowest BCUT2D eigenvalue weighted by Gasteiger charge is -2.36. The lowest BCUT2D eigenvalue weighted by molar-refractivity contribution is 0.137. The van der Waals surface area contributed by atoms with E-state index in [0.717, 1.165) is 12.0 Å². The van der Waals surface area contributed by atoms with Gasteiger partial charge in [-0.3, -0.25) is 0 Å². The van der Waals surface area contributed by atoms with Gasteiger partial charge in [0.05, 0.1) is 0 Å². The van der Waals surface area contributed by atoms with E-state index in [2.05, 4.69) is 11.8 Å². The molecule has 0 bridgehead atoms. The Kier molecular flexibility index (Phi) is 5.30. The topological polar surface area (TPSA) is 29.3 Å². The first kappa shape index (κ1) is 13.4. The van der Waals surface area contributed by atoms with Crippen molar-refractivity contribution in [1.82, 2.24) is 4.90 Å². The van der Waals surface area contributed by atoms with E-state index in [1.165, 1.54) is 70.9 Å². The molecular weight excluding hydrogens is 208 g/mol. The van der Waals surface area contributed by atoms with Crippen LogP contribution in [0.4, 0.5) is 0 Å². The fourth-order valence-electron chi connectivity index (χ4n) is 3.70. The lowest BCUT2D eigenvalue weighted by Crippen LogP contribution is -2.44. The molecule has 0 aromatic rings. The standard InChI is InChI=1S/C15H30N2/c1-2-14-9-4-3-7-11-17(14)12-13-8-5-6-10-15(13)16/h13-15H,2-12,16H2,1H3. The first-order chi connectivity index (χ1) is 8.31. The monoisotopic (exact) mass is 238 g/mol. The van der Waals surface area contributed by atoms with Crippen LogP contribution in [0.15, 0.2) is 0 Å². The zero-order valence-electron chi connectivity index (χ0n) is 11.5. The Morgan fingerprint density at radius 1 is 1.00 bits per heavy atom. The second-order valence-electron chi connectivity index (χ2n) is 6.11. The van der Waals surface area contributed by atoms with Gasteiger partial charge in [-0.2, -0.15) is 0 Å². The molecule has 0 aromatic carbocycles. The molecule has 2 heteroatoms. The van der Waals surface area contributed by atoms with Gasteiger partial charge < -0.3 is 10.6 Å². The average molecular weight is 238 g/mol. The SMILES string of the molecule is CCC1CCCCCN1CC1CCCCC1N. The Labute approximate surface area is 107 Å². The molecule has 0 aromatic heterocycles. The zero-order chi connectivity index (χ0) is 12.1. The third-order valence-corrected chi connectivity index (χ3v) is 4.91. The minimum atomic E-state index is 0.476. The van der Waals surface area contributed by atoms with Crippen LogP contribution in [0, 0.1) is 5.92 Å². The largest absolute Gasteiger partial charge is 0.327 e. The van der Waals surface area contributed by atoms with Crippen LogP contribution in [-0.2, 0) is 0 Å². The molecule has 2 fully saturated rings. The molecule has 2 N–H and O–H groups in total. The summed E-state index contributed by atoms with van der Waals surface area (Å²) in [5.41, 5.74) is 6.30. The van der Waals surface area contributed by atoms with Crippen molar-refractivity contribution >= 4 is 0 Å². The first-order valence-electron chi connectivity index (χ1n) is 7.81. The summed E-state index contributed by atoms with van der Waals surface area (Å²) in [6.45, 7) is 4.95. The molecule has 1 saturated carbocycles. The minimum absolute atomic E-state index is 0.476. The van der Waals surface area contributed by atoms with Crippen molar-refractivity contribution in [2.45, 2.75) is 76.8 Å². The highest BCUT2D eigenvalue weighted by molar-refractivity contribution is 4.83. The van der Waals surface area contributed by atoms with Crippen molar-refractivity contribution in [1.29, 1.82) is 0 Å². The molecule has 0 radical (unpaired) electrons. The fourth-order valence-corrected chi connectivity index (χ4v) is 3.70. The summed E-state index contributed by atoms with van der Waals surface area (Å²) in [6, 6.07) is 1.32. The molecule has 2 nitrogen and oxygen atoms in total. The maximum atomic E-state index is 6.30. The number of nitrogens with zero attached hydrogens (tertiary/aromatic N) is 1. The quantitative estimate of drug-likeness (QED) is 0.818. The normalized spacial score (nSPS) is 36.7. The predicted octanol–water partition coefficient (Wildman–Crippen LogP) is 3.16. The smallest absolute Gasteiger partial charge is 0.00927 e. The number of rotatable bonds is 3. The van der Waals surface area contributed by atoms with Crippen molar-refractivity contribution in [3.63, 3.8) is 0 Å². The molecule has 2 rings (SSSR count). The van der Waals surface area contributed by atoms with Gasteiger partial charge in [0.1, 0.15) is 0 Å². The van der Waals surface area contributed by atoms with Crippen LogP contribution < -0.4 is 5.73 Å². The highest BCUT2D eigenvalue weighted by Gasteiger charge is 2.27. The van der Waals surface area contributed by atoms with Crippen molar-refractivity contribution in [2.75, 3.05) is 13.1 Å². The molecule has 1 aliphatic carbocycles. The second kappa shape index (κ2) is 6.75. The molecular formula is C15H30N2. The van der Waals surface area contributed by atoms with E-state index in [1.54, 1.807) is 0 Å². The average Bonchev–Trinajstić information content (AvgIpc) is 2.57. The minimum Gasteiger partial charge on any atom is -0.327 e. The van der Waals surface area contributed by atoms with E-state index in [0.29, 0.717) is 6.04 Å². The Hall–Kier alpha value is -0.0800. The van der Waals surface area contributed by atoms with Gasteiger partial charge in [-0.15, -0.1) is 0 Å². The molecule has 1 aliphatic heterocycles. The van der Waals surface area contributed by atoms with Crippen LogP contribution in [0.25, 0.3) is 0 Å². The third-order valence-electron chi connectivity index (χ3n) is 4.91. The number of likely N-dealkylation sites (tertiary alicyclic amines) is 1. The first-order valence-corrected chi connectivity index (χ1v) is 7.81. The van der Waals surface area contributed by atoms with E-state index >= 15 is 0 Å². The van der Waals surface area contributed by atoms with Gasteiger partial charge in [-0.25, -0.2) is 0 Å². The maximum absolute atomic E-state index is 6.30. The Morgan fingerprint density at radius 2 is 1.76 bits per heavy atom. The summed E-state index contributed by atoms with van der Waals surface area (Å²) in [7, 11) is 0. The van der Waals surface area contributed by atoms with Gasteiger partial charge in [-0.05, 0) is 44.6 Å². The molecule has 0 spiro atoms. The molecule has 100 valence electrons. The number of nitrogens with two attached hydrogens (primary N) is 1. The van der Waals surface area contributed by atoms with Crippen LogP contribution in [0.2, 0.25) is 0 Å². The van der Waals surface area contributed by atoms with Gasteiger partial charge >= 0.3 is 0 Å². The van der Waals surface area contributed by atoms with E-state index in [4.69, 9.17) is 5.73 Å². The van der Waals surface area contributed by atoms with Crippen molar-refractivity contribution < 1.29 is 0 Å². The Morgan fingerprint density at radius 3 is 2.53 bits per heavy atom. The van der Waals surface area contributed by atoms with Crippen LogP contribution in [0.5, 0.6) is 0 Å². The van der Waals surface area contributed by atoms with Crippen LogP contribution in [0.1, 0.15) is 64.7 Å². The van der Waals surface area contributed by atoms with E-state index < -0.39 is 0 Å². The molecule has 0 amide bonds. The highest BCUT2D eigenvalue weighted by atomic mass is 15.2. The van der Waals surface area contributed by atoms with Gasteiger partial charge in [-0.1, -0.05) is 32.6 Å². The van der Waals surface area contributed by atoms with Gasteiger partial charge in [0.25, 0.3) is 0 Å². The van der Waals surface area contributed by atoms with E-state index in [9.17, 15) is 0 Å². The van der Waals surface area contributed by atoms with Gasteiger partial charge in [0, 0.05) is 18.6 Å². The summed E-state index contributed by atoms with van der Waals surface area (Å²) in [4.78, 5) is 2.77. The summed E-state index contributed by atoms with van der Waals surface area (Å²) in [5, 5.41) is 0. The molecule has 3 atom stereocenters. The van der Waals surface area contributed by atoms with Gasteiger partial charge in [0.15, 0.2) is 0 Å². The molecule has 2 aliphatic rings. The molecule has 1 heterocycles. The van der Waals surface area contributed by atoms with Gasteiger partial charge in [0.2, 0.25) is 0 Å². The molecule has 1 saturated heterocycles. The number of hydrogen-bond donors (Lipinski definition) is 1. The summed E-state index contributed by atoms with van der Waals surface area (Å²) >= 11 is 0. The Balaban J connectivity index is 1.89. The number of hydrogen-bond acceptors (Lipinski definition) is 2. The zero-order valence-corrected chi connectivity index (χ0v) is 11.5. The molecule has 3 unspecified atom stereocenters. The van der Waals surface area contributed by atoms with Crippen LogP contribution in [0.3, 0.4) is 0 Å². The van der Waals surface area contributed by atoms with Crippen molar-refractivity contribution in [3.8, 4) is 0 Å². The van der Waals surface area contributed by atoms with Crippen molar-refractivity contribution in [2.24, 2.45) is 11.7 Å². The van der Waals surface area contributed by atoms with Crippen LogP contribution >= 0.6 is 0 Å². The van der Waals surface area contributed by atoms with E-state index in [-0.39, 0.29) is 0 Å². The van der Waals surface area contributed by atoms with Crippen molar-refractivity contribution in [3.05, 3.63) is 0 Å². The summed E-state index contributed by atoms with van der Waals surface area (Å²) in [6.07, 6.45) is 12.4.